The molecule has 7 nitrogen and oxygen atoms in total. The first-order chi connectivity index (χ1) is 10.5. The van der Waals surface area contributed by atoms with E-state index in [0.717, 1.165) is 10.0 Å². The van der Waals surface area contributed by atoms with Crippen molar-refractivity contribution >= 4 is 33.2 Å². The van der Waals surface area contributed by atoms with Gasteiger partial charge in [0.25, 0.3) is 5.69 Å². The fourth-order valence-electron chi connectivity index (χ4n) is 1.80. The van der Waals surface area contributed by atoms with E-state index in [4.69, 9.17) is 11.6 Å². The smallest absolute Gasteiger partial charge is 0.258 e. The molecular formula is C13H7BrClN5O2. The number of rotatable bonds is 3. The number of nitro benzene ring substituents is 1. The standard InChI is InChI=1S/C13H7BrClN5O2/c14-9-3-1-8(2-4-9)13-16-18-19(17-13)12-6-5-10(20(21)22)7-11(12)15/h1-7H. The number of nitro groups is 1. The van der Waals surface area contributed by atoms with Gasteiger partial charge in [0.2, 0.25) is 5.82 Å². The predicted octanol–water partition coefficient (Wildman–Crippen LogP) is 3.65. The molecule has 0 saturated heterocycles. The number of non-ortho nitro benzene ring substituents is 1. The van der Waals surface area contributed by atoms with Crippen LogP contribution in [-0.4, -0.2) is 25.1 Å². The van der Waals surface area contributed by atoms with Crippen molar-refractivity contribution in [2.75, 3.05) is 0 Å². The largest absolute Gasteiger partial charge is 0.271 e. The lowest BCUT2D eigenvalue weighted by Gasteiger charge is -2.01. The maximum Gasteiger partial charge on any atom is 0.271 e. The summed E-state index contributed by atoms with van der Waals surface area (Å²) < 4.78 is 0.946. The highest BCUT2D eigenvalue weighted by molar-refractivity contribution is 9.10. The summed E-state index contributed by atoms with van der Waals surface area (Å²) in [5.74, 6) is 0.432. The van der Waals surface area contributed by atoms with Gasteiger partial charge in [-0.1, -0.05) is 27.5 Å². The van der Waals surface area contributed by atoms with Gasteiger partial charge < -0.3 is 0 Å². The minimum absolute atomic E-state index is 0.0954. The summed E-state index contributed by atoms with van der Waals surface area (Å²) in [5.41, 5.74) is 1.12. The quantitative estimate of drug-likeness (QED) is 0.511. The molecule has 0 aliphatic rings. The molecule has 0 unspecified atom stereocenters. The Hall–Kier alpha value is -2.32. The van der Waals surface area contributed by atoms with Gasteiger partial charge in [0.15, 0.2) is 0 Å². The molecule has 0 aliphatic heterocycles. The van der Waals surface area contributed by atoms with Crippen molar-refractivity contribution in [3.63, 3.8) is 0 Å². The van der Waals surface area contributed by atoms with Crippen LogP contribution in [0.5, 0.6) is 0 Å². The average Bonchev–Trinajstić information content (AvgIpc) is 2.97. The van der Waals surface area contributed by atoms with Crippen LogP contribution in [0.2, 0.25) is 5.02 Å². The zero-order valence-corrected chi connectivity index (χ0v) is 13.2. The van der Waals surface area contributed by atoms with Gasteiger partial charge in [0, 0.05) is 22.2 Å². The second-order valence-electron chi connectivity index (χ2n) is 4.30. The zero-order chi connectivity index (χ0) is 15.7. The molecule has 0 aliphatic carbocycles. The van der Waals surface area contributed by atoms with Crippen LogP contribution in [0, 0.1) is 10.1 Å². The molecule has 3 aromatic rings. The Bertz CT molecular complexity index is 850. The molecule has 2 aromatic carbocycles. The van der Waals surface area contributed by atoms with Crippen molar-refractivity contribution in [1.82, 2.24) is 20.2 Å². The van der Waals surface area contributed by atoms with Crippen LogP contribution in [0.15, 0.2) is 46.9 Å². The monoisotopic (exact) mass is 379 g/mol. The third-order valence-corrected chi connectivity index (χ3v) is 3.70. The van der Waals surface area contributed by atoms with Crippen molar-refractivity contribution in [1.29, 1.82) is 0 Å². The predicted molar refractivity (Wildman–Crippen MR) is 84.0 cm³/mol. The van der Waals surface area contributed by atoms with Gasteiger partial charge in [-0.15, -0.1) is 15.0 Å². The first-order valence-electron chi connectivity index (χ1n) is 6.05. The number of tetrazole rings is 1. The molecule has 0 spiro atoms. The first-order valence-corrected chi connectivity index (χ1v) is 7.22. The number of benzene rings is 2. The van der Waals surface area contributed by atoms with Gasteiger partial charge >= 0.3 is 0 Å². The normalized spacial score (nSPS) is 10.6. The van der Waals surface area contributed by atoms with Gasteiger partial charge in [-0.05, 0) is 35.5 Å². The highest BCUT2D eigenvalue weighted by atomic mass is 79.9. The van der Waals surface area contributed by atoms with Crippen LogP contribution in [0.1, 0.15) is 0 Å². The molecule has 0 amide bonds. The Labute approximate surface area is 137 Å². The van der Waals surface area contributed by atoms with Crippen molar-refractivity contribution in [3.8, 4) is 17.1 Å². The second kappa shape index (κ2) is 5.82. The molecule has 22 heavy (non-hydrogen) atoms. The number of hydrogen-bond donors (Lipinski definition) is 0. The van der Waals surface area contributed by atoms with Crippen molar-refractivity contribution in [2.45, 2.75) is 0 Å². The Morgan fingerprint density at radius 2 is 1.91 bits per heavy atom. The minimum Gasteiger partial charge on any atom is -0.258 e. The van der Waals surface area contributed by atoms with Gasteiger partial charge in [-0.3, -0.25) is 10.1 Å². The summed E-state index contributed by atoms with van der Waals surface area (Å²) in [7, 11) is 0. The molecule has 0 N–H and O–H groups in total. The third kappa shape index (κ3) is 2.83. The van der Waals surface area contributed by atoms with E-state index in [1.807, 2.05) is 24.3 Å². The lowest BCUT2D eigenvalue weighted by molar-refractivity contribution is -0.384. The molecule has 1 heterocycles. The van der Waals surface area contributed by atoms with E-state index in [-0.39, 0.29) is 10.7 Å². The summed E-state index contributed by atoms with van der Waals surface area (Å²) in [6, 6.07) is 11.5. The molecular weight excluding hydrogens is 374 g/mol. The van der Waals surface area contributed by atoms with Crippen LogP contribution in [-0.2, 0) is 0 Å². The maximum atomic E-state index is 10.7. The first kappa shape index (κ1) is 14.6. The number of aromatic nitrogens is 4. The molecule has 0 saturated carbocycles. The van der Waals surface area contributed by atoms with E-state index in [0.29, 0.717) is 11.5 Å². The highest BCUT2D eigenvalue weighted by Crippen LogP contribution is 2.25. The van der Waals surface area contributed by atoms with Gasteiger partial charge in [0.1, 0.15) is 5.69 Å². The zero-order valence-electron chi connectivity index (χ0n) is 10.8. The Balaban J connectivity index is 1.97. The number of halogens is 2. The van der Waals surface area contributed by atoms with Gasteiger partial charge in [-0.25, -0.2) is 0 Å². The summed E-state index contributed by atoms with van der Waals surface area (Å²) in [6.45, 7) is 0. The average molecular weight is 381 g/mol. The molecule has 0 atom stereocenters. The number of hydrogen-bond acceptors (Lipinski definition) is 5. The molecule has 0 bridgehead atoms. The lowest BCUT2D eigenvalue weighted by atomic mass is 10.2. The van der Waals surface area contributed by atoms with Crippen LogP contribution in [0.4, 0.5) is 5.69 Å². The minimum atomic E-state index is -0.516. The summed E-state index contributed by atoms with van der Waals surface area (Å²) in [6.07, 6.45) is 0. The Morgan fingerprint density at radius 1 is 1.18 bits per heavy atom. The van der Waals surface area contributed by atoms with Crippen LogP contribution >= 0.6 is 27.5 Å². The van der Waals surface area contributed by atoms with Crippen LogP contribution in [0.3, 0.4) is 0 Å². The van der Waals surface area contributed by atoms with Gasteiger partial charge in [0.05, 0.1) is 9.95 Å². The van der Waals surface area contributed by atoms with E-state index in [2.05, 4.69) is 31.3 Å². The number of nitrogens with zero attached hydrogens (tertiary/aromatic N) is 5. The Morgan fingerprint density at radius 3 is 2.55 bits per heavy atom. The summed E-state index contributed by atoms with van der Waals surface area (Å²) in [4.78, 5) is 11.4. The fourth-order valence-corrected chi connectivity index (χ4v) is 2.32. The van der Waals surface area contributed by atoms with Crippen molar-refractivity contribution < 1.29 is 4.92 Å². The molecule has 3 rings (SSSR count). The molecule has 110 valence electrons. The molecule has 0 radical (unpaired) electrons. The summed E-state index contributed by atoms with van der Waals surface area (Å²) in [5, 5.41) is 23.0. The van der Waals surface area contributed by atoms with Crippen LogP contribution in [0.25, 0.3) is 17.1 Å². The molecule has 9 heteroatoms. The third-order valence-electron chi connectivity index (χ3n) is 2.87. The van der Waals surface area contributed by atoms with E-state index < -0.39 is 4.92 Å². The SMILES string of the molecule is O=[N+]([O-])c1ccc(-n2nnc(-c3ccc(Br)cc3)n2)c(Cl)c1. The van der Waals surface area contributed by atoms with E-state index in [1.165, 1.54) is 23.0 Å². The van der Waals surface area contributed by atoms with E-state index in [9.17, 15) is 10.1 Å². The fraction of sp³-hybridized carbons (Fsp3) is 0. The lowest BCUT2D eigenvalue weighted by Crippen LogP contribution is -2.00. The summed E-state index contributed by atoms with van der Waals surface area (Å²) >= 11 is 9.40. The van der Waals surface area contributed by atoms with Crippen LogP contribution < -0.4 is 0 Å². The Kier molecular flexibility index (Phi) is 3.86. The van der Waals surface area contributed by atoms with Gasteiger partial charge in [-0.2, -0.15) is 0 Å². The van der Waals surface area contributed by atoms with Crippen molar-refractivity contribution in [2.24, 2.45) is 0 Å². The van der Waals surface area contributed by atoms with E-state index in [1.54, 1.807) is 0 Å². The topological polar surface area (TPSA) is 86.7 Å². The highest BCUT2D eigenvalue weighted by Gasteiger charge is 2.14. The van der Waals surface area contributed by atoms with Crippen molar-refractivity contribution in [3.05, 3.63) is 62.1 Å². The van der Waals surface area contributed by atoms with E-state index >= 15 is 0 Å². The molecule has 0 fully saturated rings. The molecule has 1 aromatic heterocycles. The maximum absolute atomic E-state index is 10.7. The second-order valence-corrected chi connectivity index (χ2v) is 5.63.